The lowest BCUT2D eigenvalue weighted by Crippen LogP contribution is -2.39. The van der Waals surface area contributed by atoms with E-state index in [1.165, 1.54) is 4.90 Å². The summed E-state index contributed by atoms with van der Waals surface area (Å²) in [6.45, 7) is 0.647. The molecule has 1 aromatic rings. The first-order valence-electron chi connectivity index (χ1n) is 6.94. The number of carbonyl (C=O) groups excluding carboxylic acids is 2. The summed E-state index contributed by atoms with van der Waals surface area (Å²) in [5.74, 6) is -0.240. The topological polar surface area (TPSA) is 75.4 Å². The van der Waals surface area contributed by atoms with E-state index in [0.29, 0.717) is 18.2 Å². The van der Waals surface area contributed by atoms with Crippen LogP contribution in [0.15, 0.2) is 24.3 Å². The summed E-state index contributed by atoms with van der Waals surface area (Å²) in [7, 11) is 1.64. The Bertz CT molecular complexity index is 498. The summed E-state index contributed by atoms with van der Waals surface area (Å²) < 4.78 is 0. The predicted molar refractivity (Wildman–Crippen MR) is 77.3 cm³/mol. The molecular formula is C15H21N3O2. The van der Waals surface area contributed by atoms with Crippen LogP contribution in [0.2, 0.25) is 0 Å². The van der Waals surface area contributed by atoms with Gasteiger partial charge in [0.1, 0.15) is 0 Å². The third-order valence-electron chi connectivity index (χ3n) is 3.28. The minimum atomic E-state index is -0.144. The van der Waals surface area contributed by atoms with E-state index in [0.717, 1.165) is 24.8 Å². The molecule has 0 unspecified atom stereocenters. The number of nitrogens with one attached hydrogen (secondary N) is 1. The molecule has 5 heteroatoms. The summed E-state index contributed by atoms with van der Waals surface area (Å²) in [5.41, 5.74) is 7.15. The molecule has 20 heavy (non-hydrogen) atoms. The Labute approximate surface area is 119 Å². The Hall–Kier alpha value is -1.88. The lowest BCUT2D eigenvalue weighted by molar-refractivity contribution is -0.121. The van der Waals surface area contributed by atoms with E-state index in [2.05, 4.69) is 5.32 Å². The Morgan fingerprint density at radius 3 is 2.80 bits per heavy atom. The van der Waals surface area contributed by atoms with Crippen molar-refractivity contribution < 1.29 is 9.59 Å². The second kappa shape index (κ2) is 6.52. The van der Waals surface area contributed by atoms with Crippen molar-refractivity contribution in [1.82, 2.24) is 10.2 Å². The molecule has 0 aliphatic heterocycles. The number of rotatable bonds is 6. The van der Waals surface area contributed by atoms with Crippen LogP contribution in [0.4, 0.5) is 0 Å². The van der Waals surface area contributed by atoms with E-state index in [9.17, 15) is 9.59 Å². The number of likely N-dealkylation sites (N-methyl/N-ethyl adjacent to an activating group) is 1. The largest absolute Gasteiger partial charge is 0.352 e. The molecule has 3 N–H and O–H groups in total. The third kappa shape index (κ3) is 4.06. The van der Waals surface area contributed by atoms with Crippen molar-refractivity contribution in [3.8, 4) is 0 Å². The average molecular weight is 275 g/mol. The number of carbonyl (C=O) groups is 2. The van der Waals surface area contributed by atoms with Gasteiger partial charge in [-0.1, -0.05) is 12.1 Å². The highest BCUT2D eigenvalue weighted by molar-refractivity contribution is 5.96. The monoisotopic (exact) mass is 275 g/mol. The van der Waals surface area contributed by atoms with Crippen LogP contribution in [0.25, 0.3) is 0 Å². The number of benzene rings is 1. The highest BCUT2D eigenvalue weighted by atomic mass is 16.2. The summed E-state index contributed by atoms with van der Waals surface area (Å²) in [6, 6.07) is 7.71. The van der Waals surface area contributed by atoms with Gasteiger partial charge in [0, 0.05) is 18.7 Å². The molecule has 0 radical (unpaired) electrons. The van der Waals surface area contributed by atoms with Crippen LogP contribution in [0.1, 0.15) is 28.8 Å². The van der Waals surface area contributed by atoms with Crippen LogP contribution in [0, 0.1) is 0 Å². The zero-order valence-corrected chi connectivity index (χ0v) is 11.8. The van der Waals surface area contributed by atoms with E-state index in [4.69, 9.17) is 5.73 Å². The summed E-state index contributed by atoms with van der Waals surface area (Å²) >= 11 is 0. The molecule has 1 aliphatic rings. The van der Waals surface area contributed by atoms with Gasteiger partial charge in [-0.15, -0.1) is 0 Å². The van der Waals surface area contributed by atoms with E-state index >= 15 is 0 Å². The van der Waals surface area contributed by atoms with Gasteiger partial charge in [-0.3, -0.25) is 9.59 Å². The molecule has 0 aromatic heterocycles. The molecule has 0 bridgehead atoms. The number of hydrogen-bond donors (Lipinski definition) is 2. The van der Waals surface area contributed by atoms with Crippen molar-refractivity contribution in [3.05, 3.63) is 35.4 Å². The third-order valence-corrected chi connectivity index (χ3v) is 3.28. The smallest absolute Gasteiger partial charge is 0.254 e. The molecule has 0 spiro atoms. The summed E-state index contributed by atoms with van der Waals surface area (Å²) in [5, 5.41) is 2.87. The van der Waals surface area contributed by atoms with Crippen LogP contribution in [0.5, 0.6) is 0 Å². The minimum absolute atomic E-state index is 0.0937. The fourth-order valence-corrected chi connectivity index (χ4v) is 2.04. The van der Waals surface area contributed by atoms with Gasteiger partial charge in [-0.05, 0) is 43.5 Å². The van der Waals surface area contributed by atoms with Gasteiger partial charge in [-0.25, -0.2) is 0 Å². The average Bonchev–Trinajstić information content (AvgIpc) is 3.22. The normalized spacial score (nSPS) is 13.9. The van der Waals surface area contributed by atoms with Gasteiger partial charge in [0.05, 0.1) is 6.54 Å². The highest BCUT2D eigenvalue weighted by Gasteiger charge is 2.24. The molecule has 0 saturated heterocycles. The molecule has 108 valence electrons. The molecule has 1 fully saturated rings. The molecule has 0 atom stereocenters. The van der Waals surface area contributed by atoms with Crippen molar-refractivity contribution in [3.63, 3.8) is 0 Å². The van der Waals surface area contributed by atoms with Crippen LogP contribution >= 0.6 is 0 Å². The van der Waals surface area contributed by atoms with Crippen LogP contribution in [-0.2, 0) is 11.2 Å². The zero-order valence-electron chi connectivity index (χ0n) is 11.8. The highest BCUT2D eigenvalue weighted by Crippen LogP contribution is 2.18. The number of nitrogens with zero attached hydrogens (tertiary/aromatic N) is 1. The minimum Gasteiger partial charge on any atom is -0.352 e. The number of nitrogens with two attached hydrogens (primary N) is 1. The van der Waals surface area contributed by atoms with Gasteiger partial charge in [0.2, 0.25) is 5.91 Å². The molecule has 5 nitrogen and oxygen atoms in total. The standard InChI is InChI=1S/C15H21N3O2/c1-18(10-14(19)17-13-5-6-13)15(20)12-4-2-3-11(9-12)7-8-16/h2-4,9,13H,5-8,10,16H2,1H3,(H,17,19). The van der Waals surface area contributed by atoms with Crippen LogP contribution < -0.4 is 11.1 Å². The maximum atomic E-state index is 12.3. The SMILES string of the molecule is CN(CC(=O)NC1CC1)C(=O)c1cccc(CCN)c1. The lowest BCUT2D eigenvalue weighted by Gasteiger charge is -2.17. The van der Waals surface area contributed by atoms with E-state index in [-0.39, 0.29) is 18.4 Å². The predicted octanol–water partition coefficient (Wildman–Crippen LogP) is 0.538. The van der Waals surface area contributed by atoms with Crippen molar-refractivity contribution in [2.45, 2.75) is 25.3 Å². The Balaban J connectivity index is 1.94. The Kier molecular flexibility index (Phi) is 4.74. The fourth-order valence-electron chi connectivity index (χ4n) is 2.04. The first-order valence-corrected chi connectivity index (χ1v) is 6.94. The van der Waals surface area contributed by atoms with Gasteiger partial charge in [0.15, 0.2) is 0 Å². The maximum Gasteiger partial charge on any atom is 0.254 e. The first-order chi connectivity index (χ1) is 9.60. The van der Waals surface area contributed by atoms with Crippen molar-refractivity contribution in [2.24, 2.45) is 5.73 Å². The molecule has 2 amide bonds. The van der Waals surface area contributed by atoms with Gasteiger partial charge >= 0.3 is 0 Å². The molecule has 2 rings (SSSR count). The quantitative estimate of drug-likeness (QED) is 0.795. The second-order valence-corrected chi connectivity index (χ2v) is 5.24. The number of hydrogen-bond acceptors (Lipinski definition) is 3. The van der Waals surface area contributed by atoms with Crippen molar-refractivity contribution in [1.29, 1.82) is 0 Å². The van der Waals surface area contributed by atoms with E-state index in [1.807, 2.05) is 18.2 Å². The van der Waals surface area contributed by atoms with E-state index in [1.54, 1.807) is 13.1 Å². The molecule has 0 heterocycles. The molecule has 1 aromatic carbocycles. The van der Waals surface area contributed by atoms with Crippen LogP contribution in [0.3, 0.4) is 0 Å². The maximum absolute atomic E-state index is 12.3. The van der Waals surface area contributed by atoms with Crippen LogP contribution in [-0.4, -0.2) is 42.9 Å². The van der Waals surface area contributed by atoms with Crippen molar-refractivity contribution in [2.75, 3.05) is 20.1 Å². The second-order valence-electron chi connectivity index (χ2n) is 5.24. The lowest BCUT2D eigenvalue weighted by atomic mass is 10.1. The Morgan fingerprint density at radius 2 is 2.15 bits per heavy atom. The molecule has 1 aliphatic carbocycles. The zero-order chi connectivity index (χ0) is 14.5. The van der Waals surface area contributed by atoms with Gasteiger partial charge < -0.3 is 16.0 Å². The van der Waals surface area contributed by atoms with Gasteiger partial charge in [-0.2, -0.15) is 0 Å². The fraction of sp³-hybridized carbons (Fsp3) is 0.467. The molecular weight excluding hydrogens is 254 g/mol. The molecule has 1 saturated carbocycles. The summed E-state index contributed by atoms with van der Waals surface area (Å²) in [6.07, 6.45) is 2.84. The number of amides is 2. The Morgan fingerprint density at radius 1 is 1.40 bits per heavy atom. The van der Waals surface area contributed by atoms with Gasteiger partial charge in [0.25, 0.3) is 5.91 Å². The first kappa shape index (κ1) is 14.5. The summed E-state index contributed by atoms with van der Waals surface area (Å²) in [4.78, 5) is 25.4. The van der Waals surface area contributed by atoms with Crippen molar-refractivity contribution >= 4 is 11.8 Å². The van der Waals surface area contributed by atoms with E-state index < -0.39 is 0 Å².